The van der Waals surface area contributed by atoms with E-state index in [2.05, 4.69) is 37.0 Å². The summed E-state index contributed by atoms with van der Waals surface area (Å²) in [5.41, 5.74) is 1.20. The van der Waals surface area contributed by atoms with E-state index in [1.165, 1.54) is 25.5 Å². The van der Waals surface area contributed by atoms with E-state index < -0.39 is 30.0 Å². The Hall–Kier alpha value is -3.84. The quantitative estimate of drug-likeness (QED) is 0.281. The summed E-state index contributed by atoms with van der Waals surface area (Å²) in [6, 6.07) is 8.28. The number of aromatic nitrogens is 3. The van der Waals surface area contributed by atoms with Gasteiger partial charge in [0, 0.05) is 30.4 Å². The molecule has 1 saturated carbocycles. The number of amides is 1. The summed E-state index contributed by atoms with van der Waals surface area (Å²) in [6.45, 7) is 2.83. The molecular weight excluding hydrogens is 518 g/mol. The SMILES string of the molecule is CC(C)(O)c1nc(Nc2nc(Nc3ccc4c(c3)CNCC43CC3)ncc2C(=O)NCC(F)(F)F)ccc1F. The first-order valence-electron chi connectivity index (χ1n) is 12.3. The minimum absolute atomic E-state index is 0.0117. The van der Waals surface area contributed by atoms with Gasteiger partial charge in [0.1, 0.15) is 40.9 Å². The van der Waals surface area contributed by atoms with Gasteiger partial charge in [-0.05, 0) is 62.1 Å². The molecule has 1 spiro atoms. The van der Waals surface area contributed by atoms with Crippen LogP contribution in [0.4, 0.5) is 40.8 Å². The molecule has 0 bridgehead atoms. The van der Waals surface area contributed by atoms with Crippen molar-refractivity contribution in [1.82, 2.24) is 25.6 Å². The Kier molecular flexibility index (Phi) is 6.67. The summed E-state index contributed by atoms with van der Waals surface area (Å²) < 4.78 is 52.4. The average molecular weight is 546 g/mol. The highest BCUT2D eigenvalue weighted by Gasteiger charge is 2.46. The first-order valence-corrected chi connectivity index (χ1v) is 12.3. The Morgan fingerprint density at radius 1 is 1.13 bits per heavy atom. The molecule has 2 aliphatic rings. The summed E-state index contributed by atoms with van der Waals surface area (Å²) in [6.07, 6.45) is -1.25. The predicted molar refractivity (Wildman–Crippen MR) is 135 cm³/mol. The maximum Gasteiger partial charge on any atom is 0.405 e. The van der Waals surface area contributed by atoms with Gasteiger partial charge in [0.2, 0.25) is 5.95 Å². The fraction of sp³-hybridized carbons (Fsp3) is 0.385. The molecule has 1 fully saturated rings. The molecule has 1 aliphatic carbocycles. The van der Waals surface area contributed by atoms with Gasteiger partial charge >= 0.3 is 6.18 Å². The van der Waals surface area contributed by atoms with Crippen LogP contribution in [-0.2, 0) is 17.6 Å². The highest BCUT2D eigenvalue weighted by Crippen LogP contribution is 2.50. The third kappa shape index (κ3) is 5.93. The number of aliphatic hydroxyl groups is 1. The van der Waals surface area contributed by atoms with Crippen molar-refractivity contribution >= 4 is 29.2 Å². The number of hydrogen-bond acceptors (Lipinski definition) is 8. The fourth-order valence-electron chi connectivity index (χ4n) is 4.63. The van der Waals surface area contributed by atoms with Crippen molar-refractivity contribution in [1.29, 1.82) is 0 Å². The van der Waals surface area contributed by atoms with E-state index in [4.69, 9.17) is 0 Å². The van der Waals surface area contributed by atoms with Crippen LogP contribution in [-0.4, -0.2) is 45.2 Å². The van der Waals surface area contributed by atoms with Crippen LogP contribution >= 0.6 is 0 Å². The number of fused-ring (bicyclic) bond motifs is 2. The molecule has 0 atom stereocenters. The molecule has 5 N–H and O–H groups in total. The molecule has 0 unspecified atom stereocenters. The average Bonchev–Trinajstić information content (AvgIpc) is 3.62. The monoisotopic (exact) mass is 545 g/mol. The van der Waals surface area contributed by atoms with Gasteiger partial charge < -0.3 is 26.4 Å². The lowest BCUT2D eigenvalue weighted by atomic mass is 9.88. The predicted octanol–water partition coefficient (Wildman–Crippen LogP) is 4.15. The first-order chi connectivity index (χ1) is 18.3. The topological polar surface area (TPSA) is 124 Å². The second-order valence-electron chi connectivity index (χ2n) is 10.3. The smallest absolute Gasteiger partial charge is 0.384 e. The number of nitrogens with one attached hydrogen (secondary N) is 4. The van der Waals surface area contributed by atoms with Crippen molar-refractivity contribution in [2.24, 2.45) is 0 Å². The van der Waals surface area contributed by atoms with Crippen LogP contribution in [0.25, 0.3) is 0 Å². The normalized spacial score (nSPS) is 16.0. The van der Waals surface area contributed by atoms with Crippen molar-refractivity contribution < 1.29 is 27.5 Å². The molecular formula is C26H27F4N7O2. The number of carbonyl (C=O) groups is 1. The second kappa shape index (κ2) is 9.72. The number of halogens is 4. The standard InChI is InChI=1S/C26H27F4N7O2/c1-24(2,39)20-18(27)5-6-19(35-20)36-21-16(22(38)33-13-26(28,29)30)11-32-23(37-21)34-15-3-4-17-14(9-15)10-31-12-25(17)7-8-25/h3-6,9,11,31,39H,7-8,10,12-13H2,1-2H3,(H,33,38)(H2,32,34,35,36,37). The van der Waals surface area contributed by atoms with E-state index in [-0.39, 0.29) is 34.3 Å². The lowest BCUT2D eigenvalue weighted by Crippen LogP contribution is -2.34. The Morgan fingerprint density at radius 2 is 1.90 bits per heavy atom. The molecule has 0 saturated heterocycles. The van der Waals surface area contributed by atoms with E-state index in [1.54, 1.807) is 5.32 Å². The number of alkyl halides is 3. The Labute approximate surface area is 221 Å². The van der Waals surface area contributed by atoms with Gasteiger partial charge in [0.25, 0.3) is 5.91 Å². The molecule has 5 rings (SSSR count). The number of anilines is 4. The number of benzene rings is 1. The molecule has 0 radical (unpaired) electrons. The third-order valence-corrected chi connectivity index (χ3v) is 6.72. The number of rotatable bonds is 7. The zero-order chi connectivity index (χ0) is 28.0. The van der Waals surface area contributed by atoms with Crippen LogP contribution in [0, 0.1) is 5.82 Å². The van der Waals surface area contributed by atoms with Crippen LogP contribution in [0.1, 0.15) is 53.9 Å². The van der Waals surface area contributed by atoms with Crippen molar-refractivity contribution in [2.45, 2.75) is 50.4 Å². The minimum Gasteiger partial charge on any atom is -0.384 e. The van der Waals surface area contributed by atoms with Crippen LogP contribution in [0.15, 0.2) is 36.5 Å². The van der Waals surface area contributed by atoms with Crippen molar-refractivity contribution in [3.05, 3.63) is 64.7 Å². The number of nitrogens with zero attached hydrogens (tertiary/aromatic N) is 3. The van der Waals surface area contributed by atoms with Gasteiger partial charge in [0.05, 0.1) is 0 Å². The molecule has 13 heteroatoms. The van der Waals surface area contributed by atoms with Gasteiger partial charge in [-0.3, -0.25) is 4.79 Å². The van der Waals surface area contributed by atoms with Crippen molar-refractivity contribution in [3.63, 3.8) is 0 Å². The number of carbonyl (C=O) groups excluding carboxylic acids is 1. The van der Waals surface area contributed by atoms with E-state index >= 15 is 0 Å². The molecule has 206 valence electrons. The third-order valence-electron chi connectivity index (χ3n) is 6.72. The summed E-state index contributed by atoms with van der Waals surface area (Å²) in [5.74, 6) is -1.90. The summed E-state index contributed by atoms with van der Waals surface area (Å²) in [4.78, 5) is 25.1. The van der Waals surface area contributed by atoms with Crippen LogP contribution < -0.4 is 21.3 Å². The zero-order valence-corrected chi connectivity index (χ0v) is 21.2. The Bertz CT molecular complexity index is 1420. The van der Waals surface area contributed by atoms with E-state index in [1.807, 2.05) is 12.1 Å². The summed E-state index contributed by atoms with van der Waals surface area (Å²) in [7, 11) is 0. The largest absolute Gasteiger partial charge is 0.405 e. The summed E-state index contributed by atoms with van der Waals surface area (Å²) >= 11 is 0. The van der Waals surface area contributed by atoms with E-state index in [0.29, 0.717) is 5.69 Å². The summed E-state index contributed by atoms with van der Waals surface area (Å²) in [5, 5.41) is 21.3. The van der Waals surface area contributed by atoms with Gasteiger partial charge in [-0.2, -0.15) is 18.2 Å². The zero-order valence-electron chi connectivity index (χ0n) is 21.2. The minimum atomic E-state index is -4.62. The molecule has 3 aromatic rings. The molecule has 2 aromatic heterocycles. The molecule has 1 aliphatic heterocycles. The molecule has 9 nitrogen and oxygen atoms in total. The van der Waals surface area contributed by atoms with Gasteiger partial charge in [0.15, 0.2) is 0 Å². The van der Waals surface area contributed by atoms with Crippen LogP contribution in [0.5, 0.6) is 0 Å². The Morgan fingerprint density at radius 3 is 2.59 bits per heavy atom. The van der Waals surface area contributed by atoms with E-state index in [9.17, 15) is 27.5 Å². The Balaban J connectivity index is 1.45. The van der Waals surface area contributed by atoms with E-state index in [0.717, 1.165) is 43.8 Å². The molecule has 1 aromatic carbocycles. The van der Waals surface area contributed by atoms with Crippen molar-refractivity contribution in [2.75, 3.05) is 23.7 Å². The highest BCUT2D eigenvalue weighted by atomic mass is 19.4. The van der Waals surface area contributed by atoms with Crippen molar-refractivity contribution in [3.8, 4) is 0 Å². The lowest BCUT2D eigenvalue weighted by molar-refractivity contribution is -0.123. The molecule has 39 heavy (non-hydrogen) atoms. The first kappa shape index (κ1) is 26.8. The lowest BCUT2D eigenvalue weighted by Gasteiger charge is -2.26. The second-order valence-corrected chi connectivity index (χ2v) is 10.3. The van der Waals surface area contributed by atoms with Crippen LogP contribution in [0.2, 0.25) is 0 Å². The maximum absolute atomic E-state index is 14.2. The molecule has 3 heterocycles. The number of hydrogen-bond donors (Lipinski definition) is 5. The maximum atomic E-state index is 14.2. The van der Waals surface area contributed by atoms with Gasteiger partial charge in [-0.25, -0.2) is 14.4 Å². The highest BCUT2D eigenvalue weighted by molar-refractivity contribution is 5.99. The van der Waals surface area contributed by atoms with Crippen LogP contribution in [0.3, 0.4) is 0 Å². The van der Waals surface area contributed by atoms with Gasteiger partial charge in [-0.15, -0.1) is 0 Å². The van der Waals surface area contributed by atoms with Gasteiger partial charge in [-0.1, -0.05) is 6.07 Å². The fourth-order valence-corrected chi connectivity index (χ4v) is 4.63. The molecule has 1 amide bonds. The number of pyridine rings is 1.